The Morgan fingerprint density at radius 3 is 3.00 bits per heavy atom. The lowest BCUT2D eigenvalue weighted by atomic mass is 9.97. The molecule has 1 fully saturated rings. The van der Waals surface area contributed by atoms with Crippen molar-refractivity contribution < 1.29 is 4.79 Å². The van der Waals surface area contributed by atoms with Gasteiger partial charge in [0.25, 0.3) is 0 Å². The third-order valence-electron chi connectivity index (χ3n) is 4.67. The van der Waals surface area contributed by atoms with Gasteiger partial charge in [0.1, 0.15) is 12.2 Å². The topological polar surface area (TPSA) is 72.1 Å². The third-order valence-corrected chi connectivity index (χ3v) is 5.69. The number of aryl methyl sites for hydroxylation is 1. The molecule has 8 nitrogen and oxygen atoms in total. The van der Waals surface area contributed by atoms with E-state index in [1.54, 1.807) is 6.33 Å². The number of rotatable bonds is 7. The summed E-state index contributed by atoms with van der Waals surface area (Å²) in [5.41, 5.74) is 0. The van der Waals surface area contributed by atoms with Crippen LogP contribution in [0, 0.1) is 0 Å². The zero-order chi connectivity index (χ0) is 18.5. The number of aromatic nitrogens is 5. The maximum Gasteiger partial charge on any atom is 0.233 e. The summed E-state index contributed by atoms with van der Waals surface area (Å²) in [5, 5.41) is 8.64. The van der Waals surface area contributed by atoms with Crippen LogP contribution in [0.2, 0.25) is 0 Å². The van der Waals surface area contributed by atoms with Crippen molar-refractivity contribution in [2.45, 2.75) is 30.5 Å². The molecule has 3 rings (SSSR count). The molecule has 0 aliphatic carbocycles. The quantitative estimate of drug-likeness (QED) is 0.672. The highest BCUT2D eigenvalue weighted by Crippen LogP contribution is 2.26. The number of hydrogen-bond acceptors (Lipinski definition) is 6. The molecule has 0 saturated carbocycles. The van der Waals surface area contributed by atoms with Crippen molar-refractivity contribution in [3.8, 4) is 0 Å². The Hall–Kier alpha value is -1.87. The van der Waals surface area contributed by atoms with Gasteiger partial charge in [0.2, 0.25) is 5.91 Å². The summed E-state index contributed by atoms with van der Waals surface area (Å²) >= 11 is 1.44. The number of piperidine rings is 1. The molecule has 1 aliphatic rings. The van der Waals surface area contributed by atoms with Crippen LogP contribution in [0.15, 0.2) is 23.9 Å². The highest BCUT2D eigenvalue weighted by Gasteiger charge is 2.27. The third kappa shape index (κ3) is 4.64. The van der Waals surface area contributed by atoms with E-state index in [-0.39, 0.29) is 5.91 Å². The lowest BCUT2D eigenvalue weighted by Gasteiger charge is -2.32. The maximum absolute atomic E-state index is 12.6. The van der Waals surface area contributed by atoms with Crippen molar-refractivity contribution in [3.63, 3.8) is 0 Å². The van der Waals surface area contributed by atoms with Crippen molar-refractivity contribution in [3.05, 3.63) is 24.5 Å². The number of hydrogen-bond donors (Lipinski definition) is 0. The molecular weight excluding hydrogens is 350 g/mol. The second-order valence-corrected chi connectivity index (χ2v) is 7.92. The van der Waals surface area contributed by atoms with Crippen LogP contribution in [0.5, 0.6) is 0 Å². The minimum absolute atomic E-state index is 0.161. The van der Waals surface area contributed by atoms with E-state index in [1.165, 1.54) is 11.8 Å². The average Bonchev–Trinajstić information content (AvgIpc) is 3.26. The van der Waals surface area contributed by atoms with Crippen LogP contribution in [-0.2, 0) is 18.4 Å². The standard InChI is InChI=1S/C17H27N7OS/c1-21(2)9-10-23-8-6-18-16(23)14-5-4-7-24(11-14)15(25)12-26-17-20-19-13-22(17)3/h6,8,13-14H,4-5,7,9-12H2,1-3H3. The highest BCUT2D eigenvalue weighted by molar-refractivity contribution is 7.99. The van der Waals surface area contributed by atoms with Gasteiger partial charge in [-0.05, 0) is 26.9 Å². The van der Waals surface area contributed by atoms with Gasteiger partial charge in [0.15, 0.2) is 5.16 Å². The molecule has 2 aromatic rings. The fourth-order valence-corrected chi connectivity index (χ4v) is 4.00. The van der Waals surface area contributed by atoms with Gasteiger partial charge in [0, 0.05) is 51.5 Å². The Balaban J connectivity index is 1.58. The summed E-state index contributed by atoms with van der Waals surface area (Å²) in [6.45, 7) is 3.48. The molecule has 26 heavy (non-hydrogen) atoms. The molecule has 9 heteroatoms. The van der Waals surface area contributed by atoms with E-state index in [9.17, 15) is 4.79 Å². The van der Waals surface area contributed by atoms with Gasteiger partial charge in [-0.1, -0.05) is 11.8 Å². The van der Waals surface area contributed by atoms with E-state index in [0.717, 1.165) is 50.0 Å². The van der Waals surface area contributed by atoms with Gasteiger partial charge < -0.3 is 18.9 Å². The zero-order valence-electron chi connectivity index (χ0n) is 15.7. The van der Waals surface area contributed by atoms with Crippen molar-refractivity contribution in [2.75, 3.05) is 39.5 Å². The van der Waals surface area contributed by atoms with E-state index in [0.29, 0.717) is 11.7 Å². The van der Waals surface area contributed by atoms with Gasteiger partial charge >= 0.3 is 0 Å². The van der Waals surface area contributed by atoms with Crippen molar-refractivity contribution >= 4 is 17.7 Å². The molecule has 0 N–H and O–H groups in total. The molecule has 1 unspecified atom stereocenters. The smallest absolute Gasteiger partial charge is 0.233 e. The van der Waals surface area contributed by atoms with Crippen molar-refractivity contribution in [2.24, 2.45) is 7.05 Å². The number of nitrogens with zero attached hydrogens (tertiary/aromatic N) is 7. The lowest BCUT2D eigenvalue weighted by molar-refractivity contribution is -0.129. The second-order valence-electron chi connectivity index (χ2n) is 6.97. The molecule has 0 spiro atoms. The first-order valence-corrected chi connectivity index (χ1v) is 9.93. The number of carbonyl (C=O) groups is 1. The van der Waals surface area contributed by atoms with Crippen LogP contribution in [0.4, 0.5) is 0 Å². The summed E-state index contributed by atoms with van der Waals surface area (Å²) < 4.78 is 4.06. The molecule has 2 aromatic heterocycles. The van der Waals surface area contributed by atoms with Gasteiger partial charge in [0.05, 0.1) is 5.75 Å². The number of thioether (sulfide) groups is 1. The normalized spacial score (nSPS) is 17.8. The molecular formula is C17H27N7OS. The fourth-order valence-electron chi connectivity index (χ4n) is 3.21. The summed E-state index contributed by atoms with van der Waals surface area (Å²) in [4.78, 5) is 21.4. The molecule has 0 aromatic carbocycles. The minimum Gasteiger partial charge on any atom is -0.341 e. The zero-order valence-corrected chi connectivity index (χ0v) is 16.5. The van der Waals surface area contributed by atoms with Gasteiger partial charge in [-0.25, -0.2) is 4.98 Å². The first-order chi connectivity index (χ1) is 12.5. The Morgan fingerprint density at radius 2 is 2.27 bits per heavy atom. The van der Waals surface area contributed by atoms with Gasteiger partial charge in [-0.15, -0.1) is 10.2 Å². The monoisotopic (exact) mass is 377 g/mol. The molecule has 1 aliphatic heterocycles. The Kier molecular flexibility index (Phi) is 6.31. The summed E-state index contributed by atoms with van der Waals surface area (Å²) in [6.07, 6.45) is 7.67. The predicted octanol–water partition coefficient (Wildman–Crippen LogP) is 1.07. The predicted molar refractivity (Wildman–Crippen MR) is 101 cm³/mol. The molecule has 0 bridgehead atoms. The molecule has 0 radical (unpaired) electrons. The van der Waals surface area contributed by atoms with Crippen LogP contribution in [0.25, 0.3) is 0 Å². The van der Waals surface area contributed by atoms with Gasteiger partial charge in [-0.3, -0.25) is 4.79 Å². The lowest BCUT2D eigenvalue weighted by Crippen LogP contribution is -2.40. The van der Waals surface area contributed by atoms with E-state index in [4.69, 9.17) is 0 Å². The number of amides is 1. The fraction of sp³-hybridized carbons (Fsp3) is 0.647. The number of likely N-dealkylation sites (N-methyl/N-ethyl adjacent to an activating group) is 1. The molecule has 142 valence electrons. The molecule has 3 heterocycles. The average molecular weight is 378 g/mol. The van der Waals surface area contributed by atoms with Crippen molar-refractivity contribution in [1.29, 1.82) is 0 Å². The van der Waals surface area contributed by atoms with Crippen LogP contribution >= 0.6 is 11.8 Å². The van der Waals surface area contributed by atoms with Gasteiger partial charge in [-0.2, -0.15) is 0 Å². The minimum atomic E-state index is 0.161. The van der Waals surface area contributed by atoms with E-state index in [1.807, 2.05) is 28.9 Å². The first kappa shape index (κ1) is 18.9. The molecule has 1 saturated heterocycles. The highest BCUT2D eigenvalue weighted by atomic mass is 32.2. The van der Waals surface area contributed by atoms with E-state index >= 15 is 0 Å². The summed E-state index contributed by atoms with van der Waals surface area (Å²) in [7, 11) is 6.04. The summed E-state index contributed by atoms with van der Waals surface area (Å²) in [6, 6.07) is 0. The summed E-state index contributed by atoms with van der Waals surface area (Å²) in [5.74, 6) is 1.97. The largest absolute Gasteiger partial charge is 0.341 e. The SMILES string of the molecule is CN(C)CCn1ccnc1C1CCCN(C(=O)CSc2nncn2C)C1. The van der Waals surface area contributed by atoms with Crippen LogP contribution < -0.4 is 0 Å². The van der Waals surface area contributed by atoms with Crippen LogP contribution in [-0.4, -0.2) is 79.5 Å². The Labute approximate surface area is 158 Å². The molecule has 1 atom stereocenters. The molecule has 1 amide bonds. The Morgan fingerprint density at radius 1 is 1.42 bits per heavy atom. The van der Waals surface area contributed by atoms with Crippen molar-refractivity contribution in [1.82, 2.24) is 34.1 Å². The van der Waals surface area contributed by atoms with E-state index in [2.05, 4.69) is 38.7 Å². The number of imidazole rings is 1. The van der Waals surface area contributed by atoms with Crippen LogP contribution in [0.1, 0.15) is 24.6 Å². The number of carbonyl (C=O) groups excluding carboxylic acids is 1. The first-order valence-electron chi connectivity index (χ1n) is 8.95. The number of likely N-dealkylation sites (tertiary alicyclic amines) is 1. The van der Waals surface area contributed by atoms with E-state index < -0.39 is 0 Å². The Bertz CT molecular complexity index is 726. The van der Waals surface area contributed by atoms with Crippen LogP contribution in [0.3, 0.4) is 0 Å². The maximum atomic E-state index is 12.6. The second kappa shape index (κ2) is 8.68.